The largest absolute Gasteiger partial charge is 0.493 e. The van der Waals surface area contributed by atoms with E-state index in [0.29, 0.717) is 18.3 Å². The van der Waals surface area contributed by atoms with E-state index < -0.39 is 23.6 Å². The maximum Gasteiger partial charge on any atom is 0.416 e. The first kappa shape index (κ1) is 22.5. The van der Waals surface area contributed by atoms with Crippen molar-refractivity contribution >= 4 is 5.97 Å². The van der Waals surface area contributed by atoms with Crippen molar-refractivity contribution in [3.8, 4) is 11.5 Å². The molecule has 2 saturated carbocycles. The number of rotatable bonds is 9. The molecule has 0 radical (unpaired) electrons. The lowest BCUT2D eigenvalue weighted by molar-refractivity contribution is -0.142. The Morgan fingerprint density at radius 2 is 1.78 bits per heavy atom. The van der Waals surface area contributed by atoms with Crippen LogP contribution in [0.5, 0.6) is 11.5 Å². The van der Waals surface area contributed by atoms with Gasteiger partial charge >= 0.3 is 12.1 Å². The number of halogens is 3. The third kappa shape index (κ3) is 5.37. The molecule has 4 nitrogen and oxygen atoms in total. The second-order valence-corrected chi connectivity index (χ2v) is 8.98. The number of carboxylic acids is 1. The summed E-state index contributed by atoms with van der Waals surface area (Å²) in [5, 5.41) is 9.46. The highest BCUT2D eigenvalue weighted by Gasteiger charge is 2.39. The first-order valence-corrected chi connectivity index (χ1v) is 11.0. The van der Waals surface area contributed by atoms with Crippen molar-refractivity contribution in [3.05, 3.63) is 59.7 Å². The first-order valence-electron chi connectivity index (χ1n) is 11.0. The number of ether oxygens (including phenoxy) is 2. The van der Waals surface area contributed by atoms with Gasteiger partial charge in [-0.2, -0.15) is 13.2 Å². The molecule has 2 atom stereocenters. The Labute approximate surface area is 185 Å². The van der Waals surface area contributed by atoms with Crippen LogP contribution in [0.4, 0.5) is 13.2 Å². The molecule has 32 heavy (non-hydrogen) atoms. The van der Waals surface area contributed by atoms with Gasteiger partial charge in [0.1, 0.15) is 11.5 Å². The Morgan fingerprint density at radius 3 is 2.44 bits per heavy atom. The average Bonchev–Trinajstić information content (AvgIpc) is 3.54. The molecule has 2 aromatic carbocycles. The fraction of sp³-hybridized carbons (Fsp3) is 0.480. The number of carboxylic acid groups (broad SMARTS) is 1. The fourth-order valence-corrected chi connectivity index (χ4v) is 4.45. The van der Waals surface area contributed by atoms with Crippen LogP contribution in [0.15, 0.2) is 48.5 Å². The number of hydrogen-bond donors (Lipinski definition) is 1. The maximum atomic E-state index is 12.8. The van der Waals surface area contributed by atoms with Gasteiger partial charge in [-0.1, -0.05) is 25.1 Å². The normalized spacial score (nSPS) is 22.5. The summed E-state index contributed by atoms with van der Waals surface area (Å²) in [5.41, 5.74) is 0.287. The maximum absolute atomic E-state index is 12.8. The quantitative estimate of drug-likeness (QED) is 0.499. The molecule has 1 unspecified atom stereocenters. The number of alkyl halides is 3. The van der Waals surface area contributed by atoms with E-state index >= 15 is 0 Å². The SMILES string of the molecule is C[C@H](C(=O)O)C(c1cccc(OCC2CC(Oc3cccc(C(F)(F)F)c3)C2)c1)C1CC1. The molecule has 2 aromatic rings. The van der Waals surface area contributed by atoms with E-state index in [1.807, 2.05) is 24.3 Å². The predicted octanol–water partition coefficient (Wildman–Crippen LogP) is 6.16. The summed E-state index contributed by atoms with van der Waals surface area (Å²) < 4.78 is 50.1. The van der Waals surface area contributed by atoms with E-state index in [-0.39, 0.29) is 23.7 Å². The van der Waals surface area contributed by atoms with Crippen LogP contribution in [-0.2, 0) is 11.0 Å². The van der Waals surface area contributed by atoms with Gasteiger partial charge in [0.25, 0.3) is 0 Å². The molecule has 0 amide bonds. The van der Waals surface area contributed by atoms with Crippen LogP contribution in [0.1, 0.15) is 49.7 Å². The van der Waals surface area contributed by atoms with Crippen LogP contribution in [0, 0.1) is 17.8 Å². The topological polar surface area (TPSA) is 55.8 Å². The average molecular weight is 448 g/mol. The Morgan fingerprint density at radius 1 is 1.09 bits per heavy atom. The molecule has 0 aromatic heterocycles. The third-order valence-electron chi connectivity index (χ3n) is 6.44. The molecule has 7 heteroatoms. The molecular formula is C25H27F3O4. The molecule has 2 aliphatic carbocycles. The van der Waals surface area contributed by atoms with Crippen LogP contribution in [-0.4, -0.2) is 23.8 Å². The van der Waals surface area contributed by atoms with Crippen LogP contribution in [0.2, 0.25) is 0 Å². The molecule has 2 fully saturated rings. The van der Waals surface area contributed by atoms with Crippen molar-refractivity contribution in [2.45, 2.75) is 50.8 Å². The van der Waals surface area contributed by atoms with Gasteiger partial charge in [-0.3, -0.25) is 4.79 Å². The molecule has 0 heterocycles. The van der Waals surface area contributed by atoms with Crippen molar-refractivity contribution in [1.82, 2.24) is 0 Å². The summed E-state index contributed by atoms with van der Waals surface area (Å²) in [6, 6.07) is 12.6. The van der Waals surface area contributed by atoms with Crippen molar-refractivity contribution in [2.24, 2.45) is 17.8 Å². The minimum Gasteiger partial charge on any atom is -0.493 e. The number of hydrogen-bond acceptors (Lipinski definition) is 3. The summed E-state index contributed by atoms with van der Waals surface area (Å²) in [6.07, 6.45) is -0.946. The van der Waals surface area contributed by atoms with Gasteiger partial charge in [0, 0.05) is 0 Å². The van der Waals surface area contributed by atoms with Gasteiger partial charge < -0.3 is 14.6 Å². The van der Waals surface area contributed by atoms with Crippen LogP contribution >= 0.6 is 0 Å². The van der Waals surface area contributed by atoms with E-state index in [0.717, 1.165) is 43.4 Å². The van der Waals surface area contributed by atoms with E-state index in [4.69, 9.17) is 9.47 Å². The number of carbonyl (C=O) groups is 1. The minimum atomic E-state index is -4.38. The van der Waals surface area contributed by atoms with E-state index in [1.54, 1.807) is 13.0 Å². The van der Waals surface area contributed by atoms with Crippen LogP contribution in [0.25, 0.3) is 0 Å². The first-order chi connectivity index (χ1) is 15.2. The highest BCUT2D eigenvalue weighted by atomic mass is 19.4. The second-order valence-electron chi connectivity index (χ2n) is 8.98. The lowest BCUT2D eigenvalue weighted by Gasteiger charge is -2.35. The summed E-state index contributed by atoms with van der Waals surface area (Å²) in [5.74, 6) is 0.393. The molecule has 0 aliphatic heterocycles. The van der Waals surface area contributed by atoms with E-state index in [9.17, 15) is 23.1 Å². The number of aliphatic carboxylic acids is 1. The zero-order chi connectivity index (χ0) is 22.9. The monoisotopic (exact) mass is 448 g/mol. The lowest BCUT2D eigenvalue weighted by Crippen LogP contribution is -2.37. The molecular weight excluding hydrogens is 421 g/mol. The summed E-state index contributed by atoms with van der Waals surface area (Å²) in [6.45, 7) is 2.26. The number of benzene rings is 2. The van der Waals surface area contributed by atoms with Gasteiger partial charge in [0.2, 0.25) is 0 Å². The zero-order valence-corrected chi connectivity index (χ0v) is 17.8. The van der Waals surface area contributed by atoms with Crippen molar-refractivity contribution in [3.63, 3.8) is 0 Å². The summed E-state index contributed by atoms with van der Waals surface area (Å²) in [7, 11) is 0. The molecule has 0 bridgehead atoms. The Balaban J connectivity index is 1.28. The zero-order valence-electron chi connectivity index (χ0n) is 17.8. The standard InChI is InChI=1S/C25H27F3O4/c1-15(24(29)30)23(17-8-9-17)18-4-2-6-20(12-18)31-14-16-10-22(11-16)32-21-7-3-5-19(13-21)25(26,27)28/h2-7,12-13,15-17,22-23H,8-11,14H2,1H3,(H,29,30)/t15-,16?,22?,23?/m0/s1. The summed E-state index contributed by atoms with van der Waals surface area (Å²) >= 11 is 0. The minimum absolute atomic E-state index is 0.00926. The fourth-order valence-electron chi connectivity index (χ4n) is 4.45. The van der Waals surface area contributed by atoms with Gasteiger partial charge in [0.15, 0.2) is 0 Å². The van der Waals surface area contributed by atoms with E-state index in [2.05, 4.69) is 0 Å². The molecule has 0 saturated heterocycles. The van der Waals surface area contributed by atoms with Gasteiger partial charge in [-0.05, 0) is 79.3 Å². The van der Waals surface area contributed by atoms with Crippen molar-refractivity contribution in [1.29, 1.82) is 0 Å². The van der Waals surface area contributed by atoms with Gasteiger partial charge in [0.05, 0.1) is 24.2 Å². The highest BCUT2D eigenvalue weighted by molar-refractivity contribution is 5.71. The molecule has 4 rings (SSSR count). The highest BCUT2D eigenvalue weighted by Crippen LogP contribution is 2.47. The van der Waals surface area contributed by atoms with Gasteiger partial charge in [-0.15, -0.1) is 0 Å². The Hall–Kier alpha value is -2.70. The smallest absolute Gasteiger partial charge is 0.416 e. The molecule has 0 spiro atoms. The van der Waals surface area contributed by atoms with Crippen LogP contribution in [0.3, 0.4) is 0 Å². The lowest BCUT2D eigenvalue weighted by atomic mass is 9.82. The molecule has 172 valence electrons. The van der Waals surface area contributed by atoms with Crippen LogP contribution < -0.4 is 9.47 Å². The Bertz CT molecular complexity index is 948. The van der Waals surface area contributed by atoms with E-state index in [1.165, 1.54) is 6.07 Å². The van der Waals surface area contributed by atoms with Gasteiger partial charge in [-0.25, -0.2) is 0 Å². The predicted molar refractivity (Wildman–Crippen MR) is 113 cm³/mol. The van der Waals surface area contributed by atoms with Crippen molar-refractivity contribution < 1.29 is 32.5 Å². The summed E-state index contributed by atoms with van der Waals surface area (Å²) in [4.78, 5) is 11.5. The second kappa shape index (κ2) is 9.04. The molecule has 1 N–H and O–H groups in total. The Kier molecular flexibility index (Phi) is 6.35. The van der Waals surface area contributed by atoms with Crippen molar-refractivity contribution in [2.75, 3.05) is 6.61 Å². The molecule has 2 aliphatic rings. The third-order valence-corrected chi connectivity index (χ3v) is 6.44.